The number of rotatable bonds is 1. The van der Waals surface area contributed by atoms with Crippen molar-refractivity contribution in [2.75, 3.05) is 0 Å². The van der Waals surface area contributed by atoms with Crippen LogP contribution >= 0.6 is 0 Å². The summed E-state index contributed by atoms with van der Waals surface area (Å²) < 4.78 is 27.7. The highest BCUT2D eigenvalue weighted by atomic mass is 19.2. The second-order valence-corrected chi connectivity index (χ2v) is 7.57. The molecule has 1 aliphatic rings. The minimum atomic E-state index is -1.14. The summed E-state index contributed by atoms with van der Waals surface area (Å²) in [5.74, 6) is 8.86. The standard InChI is InChI=1S/C26H24F2/c1-19-3-7-21(8-4-19)11-17-25(27)26(28)18-12-22-9-15-24(16-10-22)23-13-5-20(2)6-14-23/h3-4,7-10,15-16,20,23H,5-6,13-14H2,1-2H3/b26-25+. The molecular weight excluding hydrogens is 350 g/mol. The molecule has 142 valence electrons. The molecule has 0 N–H and O–H groups in total. The van der Waals surface area contributed by atoms with Crippen molar-refractivity contribution in [2.45, 2.75) is 45.4 Å². The van der Waals surface area contributed by atoms with Crippen LogP contribution < -0.4 is 0 Å². The van der Waals surface area contributed by atoms with Gasteiger partial charge in [0.25, 0.3) is 0 Å². The maximum absolute atomic E-state index is 13.9. The van der Waals surface area contributed by atoms with Gasteiger partial charge in [-0.05, 0) is 73.3 Å². The largest absolute Gasteiger partial charge is 0.217 e. The predicted octanol–water partition coefficient (Wildman–Crippen LogP) is 6.84. The number of halogens is 2. The van der Waals surface area contributed by atoms with E-state index < -0.39 is 11.7 Å². The topological polar surface area (TPSA) is 0 Å². The zero-order valence-corrected chi connectivity index (χ0v) is 16.4. The lowest BCUT2D eigenvalue weighted by Gasteiger charge is -2.26. The van der Waals surface area contributed by atoms with Crippen LogP contribution in [0.15, 0.2) is 60.2 Å². The molecule has 1 aliphatic carbocycles. The summed E-state index contributed by atoms with van der Waals surface area (Å²) in [6.07, 6.45) is 4.97. The van der Waals surface area contributed by atoms with Crippen LogP contribution in [0.5, 0.6) is 0 Å². The third kappa shape index (κ3) is 5.58. The normalized spacial score (nSPS) is 19.6. The Kier molecular flexibility index (Phi) is 6.67. The van der Waals surface area contributed by atoms with Crippen molar-refractivity contribution in [3.63, 3.8) is 0 Å². The lowest BCUT2D eigenvalue weighted by Crippen LogP contribution is -2.10. The van der Waals surface area contributed by atoms with E-state index in [4.69, 9.17) is 0 Å². The molecule has 0 bridgehead atoms. The highest BCUT2D eigenvalue weighted by Crippen LogP contribution is 2.35. The van der Waals surface area contributed by atoms with Crippen LogP contribution in [0.25, 0.3) is 0 Å². The Bertz CT molecular complexity index is 950. The van der Waals surface area contributed by atoms with Gasteiger partial charge in [0.2, 0.25) is 11.7 Å². The third-order valence-corrected chi connectivity index (χ3v) is 5.28. The fourth-order valence-corrected chi connectivity index (χ4v) is 3.43. The molecule has 0 nitrogen and oxygen atoms in total. The van der Waals surface area contributed by atoms with Gasteiger partial charge in [-0.15, -0.1) is 0 Å². The molecule has 2 heteroatoms. The quantitative estimate of drug-likeness (QED) is 0.479. The van der Waals surface area contributed by atoms with Gasteiger partial charge in [0.1, 0.15) is 0 Å². The smallest absolute Gasteiger partial charge is 0.193 e. The Balaban J connectivity index is 1.66. The first-order valence-electron chi connectivity index (χ1n) is 9.77. The van der Waals surface area contributed by atoms with E-state index in [1.807, 2.05) is 31.2 Å². The molecule has 2 aromatic rings. The summed E-state index contributed by atoms with van der Waals surface area (Å²) >= 11 is 0. The van der Waals surface area contributed by atoms with E-state index in [-0.39, 0.29) is 0 Å². The van der Waals surface area contributed by atoms with Crippen molar-refractivity contribution in [2.24, 2.45) is 5.92 Å². The minimum Gasteiger partial charge on any atom is -0.193 e. The molecule has 0 aliphatic heterocycles. The first kappa shape index (κ1) is 19.9. The van der Waals surface area contributed by atoms with E-state index in [1.165, 1.54) is 31.2 Å². The highest BCUT2D eigenvalue weighted by Gasteiger charge is 2.19. The Labute approximate surface area is 166 Å². The Hall–Kier alpha value is -2.84. The highest BCUT2D eigenvalue weighted by molar-refractivity contribution is 5.46. The molecule has 0 amide bonds. The SMILES string of the molecule is Cc1ccc(C#C/C(F)=C(\F)C#Cc2ccc(C3CCC(C)CC3)cc2)cc1. The zero-order chi connectivity index (χ0) is 19.9. The second kappa shape index (κ2) is 9.38. The van der Waals surface area contributed by atoms with Gasteiger partial charge < -0.3 is 0 Å². The number of hydrogen-bond donors (Lipinski definition) is 0. The van der Waals surface area contributed by atoms with Crippen molar-refractivity contribution < 1.29 is 8.78 Å². The molecule has 0 aromatic heterocycles. The van der Waals surface area contributed by atoms with E-state index in [0.717, 1.165) is 11.5 Å². The zero-order valence-electron chi connectivity index (χ0n) is 16.4. The molecule has 1 saturated carbocycles. The Morgan fingerprint density at radius 1 is 0.750 bits per heavy atom. The van der Waals surface area contributed by atoms with Gasteiger partial charge in [-0.25, -0.2) is 0 Å². The maximum Gasteiger partial charge on any atom is 0.217 e. The summed E-state index contributed by atoms with van der Waals surface area (Å²) in [6, 6.07) is 15.2. The second-order valence-electron chi connectivity index (χ2n) is 7.57. The van der Waals surface area contributed by atoms with Gasteiger partial charge in [0, 0.05) is 11.1 Å². The molecular formula is C26H24F2. The molecule has 0 spiro atoms. The fraction of sp³-hybridized carbons (Fsp3) is 0.308. The summed E-state index contributed by atoms with van der Waals surface area (Å²) in [5.41, 5.74) is 3.70. The molecule has 0 saturated heterocycles. The number of hydrogen-bond acceptors (Lipinski definition) is 0. The number of allylic oxidation sites excluding steroid dienone is 2. The molecule has 3 rings (SSSR count). The first-order chi connectivity index (χ1) is 13.5. The van der Waals surface area contributed by atoms with Gasteiger partial charge >= 0.3 is 0 Å². The molecule has 0 atom stereocenters. The predicted molar refractivity (Wildman–Crippen MR) is 111 cm³/mol. The summed E-state index contributed by atoms with van der Waals surface area (Å²) in [5, 5.41) is 0. The van der Waals surface area contributed by atoms with Crippen molar-refractivity contribution in [3.05, 3.63) is 82.4 Å². The van der Waals surface area contributed by atoms with Crippen molar-refractivity contribution >= 4 is 0 Å². The average Bonchev–Trinajstić information content (AvgIpc) is 2.72. The van der Waals surface area contributed by atoms with Gasteiger partial charge in [0.05, 0.1) is 0 Å². The van der Waals surface area contributed by atoms with Crippen molar-refractivity contribution in [1.29, 1.82) is 0 Å². The van der Waals surface area contributed by atoms with Crippen LogP contribution in [-0.4, -0.2) is 0 Å². The molecule has 0 heterocycles. The van der Waals surface area contributed by atoms with E-state index in [2.05, 4.69) is 42.7 Å². The van der Waals surface area contributed by atoms with Crippen LogP contribution in [0.1, 0.15) is 60.8 Å². The summed E-state index contributed by atoms with van der Waals surface area (Å²) in [4.78, 5) is 0. The first-order valence-corrected chi connectivity index (χ1v) is 9.77. The van der Waals surface area contributed by atoms with Gasteiger partial charge in [-0.1, -0.05) is 61.4 Å². The molecule has 0 radical (unpaired) electrons. The van der Waals surface area contributed by atoms with Gasteiger partial charge in [-0.3, -0.25) is 0 Å². The van der Waals surface area contributed by atoms with Crippen LogP contribution in [0.3, 0.4) is 0 Å². The van der Waals surface area contributed by atoms with Crippen LogP contribution in [0.4, 0.5) is 8.78 Å². The van der Waals surface area contributed by atoms with E-state index in [0.29, 0.717) is 17.0 Å². The van der Waals surface area contributed by atoms with Crippen LogP contribution in [0.2, 0.25) is 0 Å². The third-order valence-electron chi connectivity index (χ3n) is 5.28. The number of aryl methyl sites for hydroxylation is 1. The molecule has 0 unspecified atom stereocenters. The van der Waals surface area contributed by atoms with E-state index in [9.17, 15) is 8.78 Å². The Morgan fingerprint density at radius 3 is 1.71 bits per heavy atom. The van der Waals surface area contributed by atoms with Crippen LogP contribution in [0, 0.1) is 36.5 Å². The summed E-state index contributed by atoms with van der Waals surface area (Å²) in [6.45, 7) is 4.26. The van der Waals surface area contributed by atoms with Crippen LogP contribution in [-0.2, 0) is 0 Å². The molecule has 1 fully saturated rings. The maximum atomic E-state index is 13.9. The number of benzene rings is 2. The lowest BCUT2D eigenvalue weighted by atomic mass is 9.79. The van der Waals surface area contributed by atoms with Gasteiger partial charge in [-0.2, -0.15) is 8.78 Å². The van der Waals surface area contributed by atoms with Crippen molar-refractivity contribution in [1.82, 2.24) is 0 Å². The average molecular weight is 374 g/mol. The van der Waals surface area contributed by atoms with Gasteiger partial charge in [0.15, 0.2) is 0 Å². The summed E-state index contributed by atoms with van der Waals surface area (Å²) in [7, 11) is 0. The Morgan fingerprint density at radius 2 is 1.21 bits per heavy atom. The lowest BCUT2D eigenvalue weighted by molar-refractivity contribution is 0.348. The monoisotopic (exact) mass is 374 g/mol. The van der Waals surface area contributed by atoms with E-state index >= 15 is 0 Å². The fourth-order valence-electron chi connectivity index (χ4n) is 3.43. The van der Waals surface area contributed by atoms with Crippen molar-refractivity contribution in [3.8, 4) is 23.7 Å². The van der Waals surface area contributed by atoms with E-state index in [1.54, 1.807) is 12.1 Å². The minimum absolute atomic E-state index is 0.601. The molecule has 2 aromatic carbocycles. The molecule has 28 heavy (non-hydrogen) atoms.